The quantitative estimate of drug-likeness (QED) is 0.727. The van der Waals surface area contributed by atoms with Crippen LogP contribution in [0.2, 0.25) is 0 Å². The van der Waals surface area contributed by atoms with E-state index >= 15 is 0 Å². The van der Waals surface area contributed by atoms with E-state index in [1.807, 2.05) is 0 Å². The predicted octanol–water partition coefficient (Wildman–Crippen LogP) is 2.97. The average Bonchev–Trinajstić information content (AvgIpc) is 2.65. The van der Waals surface area contributed by atoms with Crippen LogP contribution in [0.3, 0.4) is 0 Å². The zero-order valence-electron chi connectivity index (χ0n) is 9.17. The number of hydrogen-bond acceptors (Lipinski definition) is 1. The van der Waals surface area contributed by atoms with Gasteiger partial charge in [-0.25, -0.2) is 0 Å². The molecule has 15 heavy (non-hydrogen) atoms. The van der Waals surface area contributed by atoms with Gasteiger partial charge in [-0.05, 0) is 23.1 Å². The fourth-order valence-electron chi connectivity index (χ4n) is 2.61. The van der Waals surface area contributed by atoms with E-state index in [9.17, 15) is 0 Å². The number of hydrogen-bond donors (Lipinski definition) is 2. The first kappa shape index (κ1) is 8.98. The molecule has 1 aliphatic heterocycles. The lowest BCUT2D eigenvalue weighted by molar-refractivity contribution is 0.406. The van der Waals surface area contributed by atoms with Crippen molar-refractivity contribution in [3.8, 4) is 0 Å². The number of benzene rings is 1. The van der Waals surface area contributed by atoms with Crippen molar-refractivity contribution < 1.29 is 0 Å². The zero-order valence-corrected chi connectivity index (χ0v) is 9.17. The normalized spacial score (nSPS) is 20.1. The molecule has 1 atom stereocenters. The number of rotatable bonds is 1. The van der Waals surface area contributed by atoms with Gasteiger partial charge in [0.15, 0.2) is 0 Å². The third kappa shape index (κ3) is 1.21. The highest BCUT2D eigenvalue weighted by Crippen LogP contribution is 2.34. The standard InChI is InChI=1S/C13H16N2/c1-8(2)13-10-7-14-11-5-3-4-9(6-15-13)12(10)11/h3-5,7-8,13-15H,6H2,1-2H3. The van der Waals surface area contributed by atoms with Gasteiger partial charge in [0.1, 0.15) is 0 Å². The average molecular weight is 200 g/mol. The van der Waals surface area contributed by atoms with Crippen molar-refractivity contribution in [2.24, 2.45) is 5.92 Å². The minimum atomic E-state index is 0.494. The zero-order chi connectivity index (χ0) is 10.4. The lowest BCUT2D eigenvalue weighted by Gasteiger charge is -2.27. The summed E-state index contributed by atoms with van der Waals surface area (Å²) < 4.78 is 0. The van der Waals surface area contributed by atoms with Crippen LogP contribution in [0.25, 0.3) is 10.9 Å². The molecule has 0 radical (unpaired) electrons. The van der Waals surface area contributed by atoms with Gasteiger partial charge in [-0.3, -0.25) is 0 Å². The molecule has 0 fully saturated rings. The lowest BCUT2D eigenvalue weighted by atomic mass is 9.90. The molecule has 2 heterocycles. The van der Waals surface area contributed by atoms with Crippen LogP contribution in [-0.2, 0) is 6.54 Å². The van der Waals surface area contributed by atoms with Crippen molar-refractivity contribution in [3.05, 3.63) is 35.5 Å². The second-order valence-electron chi connectivity index (χ2n) is 4.69. The monoisotopic (exact) mass is 200 g/mol. The van der Waals surface area contributed by atoms with Crippen molar-refractivity contribution in [1.29, 1.82) is 0 Å². The number of aromatic amines is 1. The second kappa shape index (κ2) is 3.11. The van der Waals surface area contributed by atoms with Gasteiger partial charge >= 0.3 is 0 Å². The molecule has 0 aliphatic carbocycles. The van der Waals surface area contributed by atoms with Crippen molar-refractivity contribution in [1.82, 2.24) is 10.3 Å². The summed E-state index contributed by atoms with van der Waals surface area (Å²) in [6, 6.07) is 6.98. The molecule has 0 spiro atoms. The van der Waals surface area contributed by atoms with Crippen LogP contribution in [0, 0.1) is 5.92 Å². The van der Waals surface area contributed by atoms with Crippen LogP contribution in [0.1, 0.15) is 31.0 Å². The van der Waals surface area contributed by atoms with Crippen LogP contribution in [0.5, 0.6) is 0 Å². The molecular formula is C13H16N2. The molecule has 0 amide bonds. The Kier molecular flexibility index (Phi) is 1.86. The van der Waals surface area contributed by atoms with Crippen molar-refractivity contribution in [2.75, 3.05) is 0 Å². The molecule has 0 saturated carbocycles. The Morgan fingerprint density at radius 1 is 1.33 bits per heavy atom. The number of H-pyrrole nitrogens is 1. The maximum Gasteiger partial charge on any atom is 0.0460 e. The molecule has 0 bridgehead atoms. The van der Waals surface area contributed by atoms with Crippen molar-refractivity contribution >= 4 is 10.9 Å². The predicted molar refractivity (Wildman–Crippen MR) is 62.7 cm³/mol. The van der Waals surface area contributed by atoms with Gasteiger partial charge in [-0.15, -0.1) is 0 Å². The molecule has 1 aliphatic rings. The maximum atomic E-state index is 3.60. The summed E-state index contributed by atoms with van der Waals surface area (Å²) in [5.74, 6) is 0.636. The van der Waals surface area contributed by atoms with Crippen LogP contribution in [-0.4, -0.2) is 4.98 Å². The fraction of sp³-hybridized carbons (Fsp3) is 0.385. The fourth-order valence-corrected chi connectivity index (χ4v) is 2.61. The van der Waals surface area contributed by atoms with E-state index in [0.29, 0.717) is 12.0 Å². The van der Waals surface area contributed by atoms with Crippen LogP contribution in [0.15, 0.2) is 24.4 Å². The van der Waals surface area contributed by atoms with E-state index in [1.54, 1.807) is 0 Å². The second-order valence-corrected chi connectivity index (χ2v) is 4.69. The summed E-state index contributed by atoms with van der Waals surface area (Å²) >= 11 is 0. The minimum Gasteiger partial charge on any atom is -0.361 e. The molecule has 0 saturated heterocycles. The summed E-state index contributed by atoms with van der Waals surface area (Å²) in [6.45, 7) is 5.53. The van der Waals surface area contributed by atoms with E-state index < -0.39 is 0 Å². The molecule has 2 aromatic rings. The first-order chi connectivity index (χ1) is 7.27. The highest BCUT2D eigenvalue weighted by atomic mass is 14.9. The van der Waals surface area contributed by atoms with Crippen LogP contribution >= 0.6 is 0 Å². The Hall–Kier alpha value is -1.28. The van der Waals surface area contributed by atoms with Crippen LogP contribution in [0.4, 0.5) is 0 Å². The van der Waals surface area contributed by atoms with E-state index in [0.717, 1.165) is 6.54 Å². The Morgan fingerprint density at radius 3 is 3.00 bits per heavy atom. The Labute approximate surface area is 89.7 Å². The minimum absolute atomic E-state index is 0.494. The third-order valence-electron chi connectivity index (χ3n) is 3.34. The SMILES string of the molecule is CC(C)C1NCc2cccc3[nH]cc1c23. The van der Waals surface area contributed by atoms with E-state index in [-0.39, 0.29) is 0 Å². The van der Waals surface area contributed by atoms with E-state index in [4.69, 9.17) is 0 Å². The molecule has 2 nitrogen and oxygen atoms in total. The first-order valence-electron chi connectivity index (χ1n) is 5.59. The van der Waals surface area contributed by atoms with Gasteiger partial charge in [0, 0.05) is 29.7 Å². The van der Waals surface area contributed by atoms with E-state index in [1.165, 1.54) is 22.0 Å². The summed E-state index contributed by atoms with van der Waals surface area (Å²) in [5.41, 5.74) is 4.12. The number of nitrogens with one attached hydrogen (secondary N) is 2. The van der Waals surface area contributed by atoms with Crippen molar-refractivity contribution in [3.63, 3.8) is 0 Å². The molecule has 2 heteroatoms. The van der Waals surface area contributed by atoms with Gasteiger partial charge in [-0.2, -0.15) is 0 Å². The molecule has 1 aromatic carbocycles. The Bertz CT molecular complexity index is 496. The molecule has 78 valence electrons. The molecule has 1 unspecified atom stereocenters. The third-order valence-corrected chi connectivity index (χ3v) is 3.34. The highest BCUT2D eigenvalue weighted by molar-refractivity contribution is 5.87. The summed E-state index contributed by atoms with van der Waals surface area (Å²) in [5, 5.41) is 5.04. The van der Waals surface area contributed by atoms with Gasteiger partial charge in [0.25, 0.3) is 0 Å². The van der Waals surface area contributed by atoms with Gasteiger partial charge < -0.3 is 10.3 Å². The molecular weight excluding hydrogens is 184 g/mol. The molecule has 2 N–H and O–H groups in total. The van der Waals surface area contributed by atoms with E-state index in [2.05, 4.69) is 48.5 Å². The maximum absolute atomic E-state index is 3.60. The first-order valence-corrected chi connectivity index (χ1v) is 5.59. The summed E-state index contributed by atoms with van der Waals surface area (Å²) in [6.07, 6.45) is 2.16. The van der Waals surface area contributed by atoms with Gasteiger partial charge in [0.05, 0.1) is 0 Å². The van der Waals surface area contributed by atoms with Gasteiger partial charge in [-0.1, -0.05) is 26.0 Å². The summed E-state index contributed by atoms with van der Waals surface area (Å²) in [4.78, 5) is 3.36. The smallest absolute Gasteiger partial charge is 0.0460 e. The lowest BCUT2D eigenvalue weighted by Crippen LogP contribution is -2.28. The largest absolute Gasteiger partial charge is 0.361 e. The van der Waals surface area contributed by atoms with Crippen LogP contribution < -0.4 is 5.32 Å². The molecule has 1 aromatic heterocycles. The summed E-state index contributed by atoms with van der Waals surface area (Å²) in [7, 11) is 0. The van der Waals surface area contributed by atoms with Crippen molar-refractivity contribution in [2.45, 2.75) is 26.4 Å². The highest BCUT2D eigenvalue weighted by Gasteiger charge is 2.24. The topological polar surface area (TPSA) is 27.8 Å². The Balaban J connectivity index is 2.27. The van der Waals surface area contributed by atoms with Gasteiger partial charge in [0.2, 0.25) is 0 Å². The number of aromatic nitrogens is 1. The molecule has 3 rings (SSSR count). The Morgan fingerprint density at radius 2 is 2.20 bits per heavy atom.